The van der Waals surface area contributed by atoms with Gasteiger partial charge < -0.3 is 4.74 Å². The number of hydrogen-bond donors (Lipinski definition) is 0. The summed E-state index contributed by atoms with van der Waals surface area (Å²) in [5.74, 6) is -3.88. The maximum atomic E-state index is 13.7. The van der Waals surface area contributed by atoms with Gasteiger partial charge in [0, 0.05) is 23.9 Å². The number of ether oxygens (including phenoxy) is 1. The van der Waals surface area contributed by atoms with E-state index in [1.54, 1.807) is 0 Å². The van der Waals surface area contributed by atoms with Crippen molar-refractivity contribution in [3.05, 3.63) is 64.5 Å². The first-order valence-electron chi connectivity index (χ1n) is 6.75. The lowest BCUT2D eigenvalue weighted by atomic mass is 10.0. The van der Waals surface area contributed by atoms with Crippen molar-refractivity contribution < 1.29 is 27.5 Å². The fourth-order valence-electron chi connectivity index (χ4n) is 2.08. The average Bonchev–Trinajstić information content (AvgIpc) is 2.52. The molecule has 0 amide bonds. The van der Waals surface area contributed by atoms with E-state index >= 15 is 0 Å². The minimum Gasteiger partial charge on any atom is -0.465 e. The molecule has 0 saturated heterocycles. The Morgan fingerprint density at radius 3 is 2.38 bits per heavy atom. The second-order valence-corrected chi connectivity index (χ2v) is 4.82. The van der Waals surface area contributed by atoms with Gasteiger partial charge in [-0.3, -0.25) is 9.79 Å². The van der Waals surface area contributed by atoms with Crippen molar-refractivity contribution in [2.75, 3.05) is 7.11 Å². The number of esters is 1. The van der Waals surface area contributed by atoms with Crippen LogP contribution in [0, 0.1) is 17.5 Å². The number of rotatable bonds is 4. The molecule has 24 heavy (non-hydrogen) atoms. The van der Waals surface area contributed by atoms with Crippen LogP contribution in [0.2, 0.25) is 0 Å². The summed E-state index contributed by atoms with van der Waals surface area (Å²) in [6.45, 7) is 1.18. The van der Waals surface area contributed by atoms with Gasteiger partial charge in [-0.1, -0.05) is 0 Å². The second kappa shape index (κ2) is 7.08. The summed E-state index contributed by atoms with van der Waals surface area (Å²) in [5, 5.41) is 0. The highest BCUT2D eigenvalue weighted by atomic mass is 19.1. The van der Waals surface area contributed by atoms with Gasteiger partial charge in [-0.2, -0.15) is 0 Å². The van der Waals surface area contributed by atoms with E-state index in [4.69, 9.17) is 0 Å². The van der Waals surface area contributed by atoms with Gasteiger partial charge in [0.15, 0.2) is 5.78 Å². The van der Waals surface area contributed by atoms with Crippen molar-refractivity contribution in [3.8, 4) is 0 Å². The molecule has 2 aromatic carbocycles. The Kier molecular flexibility index (Phi) is 5.13. The Morgan fingerprint density at radius 2 is 1.79 bits per heavy atom. The number of halogens is 3. The third kappa shape index (κ3) is 3.68. The number of benzene rings is 2. The van der Waals surface area contributed by atoms with Crippen LogP contribution in [0.25, 0.3) is 0 Å². The third-order valence-corrected chi connectivity index (χ3v) is 3.14. The zero-order chi connectivity index (χ0) is 17.9. The Labute approximate surface area is 135 Å². The lowest BCUT2D eigenvalue weighted by Gasteiger charge is -2.09. The summed E-state index contributed by atoms with van der Waals surface area (Å²) in [5.41, 5.74) is -0.653. The molecule has 0 N–H and O–H groups in total. The topological polar surface area (TPSA) is 55.7 Å². The number of methoxy groups -OCH3 is 1. The molecule has 0 radical (unpaired) electrons. The highest BCUT2D eigenvalue weighted by Gasteiger charge is 2.20. The minimum absolute atomic E-state index is 0.0604. The average molecular weight is 335 g/mol. The molecular formula is C17H12F3NO3. The molecule has 124 valence electrons. The molecule has 0 bridgehead atoms. The number of nitrogens with zero attached hydrogens (tertiary/aromatic N) is 1. The predicted octanol–water partition coefficient (Wildman–Crippen LogP) is 3.84. The molecule has 0 heterocycles. The molecule has 2 rings (SSSR count). The van der Waals surface area contributed by atoms with E-state index in [1.165, 1.54) is 6.92 Å². The van der Waals surface area contributed by atoms with E-state index in [-0.39, 0.29) is 22.4 Å². The van der Waals surface area contributed by atoms with Gasteiger partial charge in [0.25, 0.3) is 0 Å². The van der Waals surface area contributed by atoms with Crippen LogP contribution in [-0.4, -0.2) is 25.1 Å². The van der Waals surface area contributed by atoms with E-state index in [1.807, 2.05) is 0 Å². The zero-order valence-corrected chi connectivity index (χ0v) is 12.8. The molecule has 0 unspecified atom stereocenters. The Morgan fingerprint density at radius 1 is 1.08 bits per heavy atom. The molecule has 0 aliphatic carbocycles. The van der Waals surface area contributed by atoms with Crippen LogP contribution in [-0.2, 0) is 4.74 Å². The van der Waals surface area contributed by atoms with Gasteiger partial charge in [0.05, 0.1) is 23.9 Å². The van der Waals surface area contributed by atoms with Crippen molar-refractivity contribution in [1.29, 1.82) is 0 Å². The molecule has 2 aromatic rings. The van der Waals surface area contributed by atoms with E-state index in [0.29, 0.717) is 6.07 Å². The summed E-state index contributed by atoms with van der Waals surface area (Å²) in [6, 6.07) is 4.63. The van der Waals surface area contributed by atoms with Crippen LogP contribution >= 0.6 is 0 Å². The summed E-state index contributed by atoms with van der Waals surface area (Å²) in [4.78, 5) is 27.4. The molecular weight excluding hydrogens is 323 g/mol. The highest BCUT2D eigenvalue weighted by molar-refractivity contribution is 6.09. The molecule has 0 saturated carbocycles. The van der Waals surface area contributed by atoms with Crippen molar-refractivity contribution in [1.82, 2.24) is 0 Å². The third-order valence-electron chi connectivity index (χ3n) is 3.14. The normalized spacial score (nSPS) is 10.9. The first-order chi connectivity index (χ1) is 11.3. The predicted molar refractivity (Wildman–Crippen MR) is 81.4 cm³/mol. The maximum Gasteiger partial charge on any atom is 0.338 e. The molecule has 7 heteroatoms. The fourth-order valence-corrected chi connectivity index (χ4v) is 2.08. The number of carbonyl (C=O) groups excluding carboxylic acids is 2. The van der Waals surface area contributed by atoms with Crippen molar-refractivity contribution in [2.24, 2.45) is 4.99 Å². The lowest BCUT2D eigenvalue weighted by Crippen LogP contribution is -2.09. The van der Waals surface area contributed by atoms with Gasteiger partial charge in [0.1, 0.15) is 17.5 Å². The molecule has 0 atom stereocenters. The van der Waals surface area contributed by atoms with Crippen LogP contribution in [0.4, 0.5) is 18.9 Å². The van der Waals surface area contributed by atoms with Gasteiger partial charge in [-0.15, -0.1) is 0 Å². The number of ketones is 1. The number of aliphatic imine (C=N–C) groups is 1. The van der Waals surface area contributed by atoms with E-state index in [2.05, 4.69) is 9.73 Å². The zero-order valence-electron chi connectivity index (χ0n) is 12.8. The number of Topliss-reactive ketones (excluding diaryl/α,β-unsaturated/α-hetero) is 1. The first-order valence-corrected chi connectivity index (χ1v) is 6.75. The van der Waals surface area contributed by atoms with Gasteiger partial charge in [-0.05, 0) is 25.1 Å². The van der Waals surface area contributed by atoms with Crippen molar-refractivity contribution in [2.45, 2.75) is 6.92 Å². The first kappa shape index (κ1) is 17.4. The van der Waals surface area contributed by atoms with Crippen molar-refractivity contribution >= 4 is 23.7 Å². The fraction of sp³-hybridized carbons (Fsp3) is 0.118. The van der Waals surface area contributed by atoms with E-state index < -0.39 is 29.2 Å². The smallest absolute Gasteiger partial charge is 0.338 e. The van der Waals surface area contributed by atoms with Crippen LogP contribution < -0.4 is 0 Å². The minimum atomic E-state index is -0.899. The van der Waals surface area contributed by atoms with Crippen LogP contribution in [0.3, 0.4) is 0 Å². The SMILES string of the molecule is COC(=O)c1cc(F)cc(/N=C/c2ccc(F)cc2F)c1C(C)=O. The molecule has 4 nitrogen and oxygen atoms in total. The molecule has 0 aliphatic heterocycles. The Bertz CT molecular complexity index is 847. The van der Waals surface area contributed by atoms with Gasteiger partial charge in [-0.25, -0.2) is 18.0 Å². The summed E-state index contributed by atoms with van der Waals surface area (Å²) in [7, 11) is 1.09. The Balaban J connectivity index is 2.57. The maximum absolute atomic E-state index is 13.7. The van der Waals surface area contributed by atoms with E-state index in [9.17, 15) is 22.8 Å². The largest absolute Gasteiger partial charge is 0.465 e. The van der Waals surface area contributed by atoms with Gasteiger partial charge in [0.2, 0.25) is 0 Å². The van der Waals surface area contributed by atoms with Crippen LogP contribution in [0.15, 0.2) is 35.3 Å². The number of carbonyl (C=O) groups is 2. The van der Waals surface area contributed by atoms with Crippen LogP contribution in [0.1, 0.15) is 33.2 Å². The second-order valence-electron chi connectivity index (χ2n) is 4.82. The quantitative estimate of drug-likeness (QED) is 0.484. The van der Waals surface area contributed by atoms with Crippen LogP contribution in [0.5, 0.6) is 0 Å². The Hall–Kier alpha value is -2.96. The van der Waals surface area contributed by atoms with Crippen molar-refractivity contribution in [3.63, 3.8) is 0 Å². The summed E-state index contributed by atoms with van der Waals surface area (Å²) < 4.78 is 44.7. The summed E-state index contributed by atoms with van der Waals surface area (Å²) >= 11 is 0. The van der Waals surface area contributed by atoms with E-state index in [0.717, 1.165) is 37.6 Å². The number of hydrogen-bond acceptors (Lipinski definition) is 4. The molecule has 0 aromatic heterocycles. The molecule has 0 spiro atoms. The standard InChI is InChI=1S/C17H12F3NO3/c1-9(22)16-13(17(23)24-2)5-12(19)7-15(16)21-8-10-3-4-11(18)6-14(10)20/h3-8H,1-2H3/b21-8+. The van der Waals surface area contributed by atoms with Gasteiger partial charge >= 0.3 is 5.97 Å². The molecule has 0 aliphatic rings. The summed E-state index contributed by atoms with van der Waals surface area (Å²) in [6.07, 6.45) is 1.01. The highest BCUT2D eigenvalue weighted by Crippen LogP contribution is 2.26. The monoisotopic (exact) mass is 335 g/mol. The lowest BCUT2D eigenvalue weighted by molar-refractivity contribution is 0.0596. The molecule has 0 fully saturated rings.